The van der Waals surface area contributed by atoms with Gasteiger partial charge in [-0.3, -0.25) is 9.69 Å². The van der Waals surface area contributed by atoms with E-state index in [9.17, 15) is 9.59 Å². The molecule has 8 heteroatoms. The summed E-state index contributed by atoms with van der Waals surface area (Å²) in [5.74, 6) is -0.116. The number of amides is 3. The number of para-hydroxylation sites is 2. The van der Waals surface area contributed by atoms with Crippen molar-refractivity contribution in [3.05, 3.63) is 151 Å². The van der Waals surface area contributed by atoms with Gasteiger partial charge < -0.3 is 15.2 Å². The van der Waals surface area contributed by atoms with Crippen LogP contribution >= 0.6 is 23.5 Å². The fourth-order valence-corrected chi connectivity index (χ4v) is 9.11. The lowest BCUT2D eigenvalue weighted by Gasteiger charge is -2.40. The van der Waals surface area contributed by atoms with Gasteiger partial charge in [-0.2, -0.15) is 0 Å². The first-order valence-electron chi connectivity index (χ1n) is 16.4. The monoisotopic (exact) mass is 678 g/mol. The molecular weight excluding hydrogens is 645 g/mol. The first-order valence-corrected chi connectivity index (χ1v) is 18.2. The van der Waals surface area contributed by atoms with Gasteiger partial charge in [0, 0.05) is 49.5 Å². The van der Waals surface area contributed by atoms with Gasteiger partial charge in [0.2, 0.25) is 5.91 Å². The Kier molecular flexibility index (Phi) is 8.49. The molecule has 0 saturated carbocycles. The first-order chi connectivity index (χ1) is 24.1. The minimum absolute atomic E-state index is 0.0913. The number of aromatic nitrogens is 1. The number of benzene rings is 5. The zero-order chi connectivity index (χ0) is 33.3. The second kappa shape index (κ2) is 13.4. The average molecular weight is 679 g/mol. The number of urea groups is 1. The van der Waals surface area contributed by atoms with Gasteiger partial charge in [-0.15, -0.1) is 23.5 Å². The highest BCUT2D eigenvalue weighted by molar-refractivity contribution is 8.00. The molecule has 242 valence electrons. The summed E-state index contributed by atoms with van der Waals surface area (Å²) in [4.78, 5) is 31.8. The van der Waals surface area contributed by atoms with Crippen LogP contribution in [0.5, 0.6) is 0 Å². The fraction of sp³-hybridized carbons (Fsp3) is 0.122. The highest BCUT2D eigenvalue weighted by atomic mass is 32.2. The van der Waals surface area contributed by atoms with Crippen molar-refractivity contribution in [2.75, 3.05) is 15.5 Å². The van der Waals surface area contributed by atoms with Crippen molar-refractivity contribution >= 4 is 74.3 Å². The molecular formula is C41H34N4O2S2. The maximum Gasteiger partial charge on any atom is 0.326 e. The van der Waals surface area contributed by atoms with Crippen LogP contribution in [0.1, 0.15) is 17.7 Å². The molecule has 2 heterocycles. The van der Waals surface area contributed by atoms with Crippen LogP contribution in [-0.4, -0.2) is 27.8 Å². The van der Waals surface area contributed by atoms with E-state index in [4.69, 9.17) is 0 Å². The number of allylic oxidation sites excluding steroid dienone is 2. The van der Waals surface area contributed by atoms with Gasteiger partial charge in [-0.05, 0) is 67.1 Å². The second-order valence-corrected chi connectivity index (χ2v) is 14.4. The number of aryl methyl sites for hydroxylation is 1. The average Bonchev–Trinajstić information content (AvgIpc) is 3.46. The van der Waals surface area contributed by atoms with Gasteiger partial charge in [-0.1, -0.05) is 91.0 Å². The van der Waals surface area contributed by atoms with Crippen molar-refractivity contribution in [3.63, 3.8) is 0 Å². The standard InChI is InChI=1S/C41H34N4O2S2/c1-2-44-33-18-7-6-17-31(33)32-26-29(23-24-34(32)44)42-40(46)39(27-13-4-3-5-14-27)48-30-16-12-15-28(25-30)43-41(47)45-35-19-8-10-21-37(35)49-38-22-11-9-20-36(38)45/h3-26,35,37,39H,2H2,1H3,(H,42,46)(H,43,47). The van der Waals surface area contributed by atoms with E-state index >= 15 is 0 Å². The van der Waals surface area contributed by atoms with E-state index in [-0.39, 0.29) is 23.2 Å². The molecule has 0 spiro atoms. The summed E-state index contributed by atoms with van der Waals surface area (Å²) in [5.41, 5.74) is 5.55. The highest BCUT2D eigenvalue weighted by Crippen LogP contribution is 2.44. The van der Waals surface area contributed by atoms with Crippen LogP contribution in [0.3, 0.4) is 0 Å². The van der Waals surface area contributed by atoms with Crippen molar-refractivity contribution in [1.29, 1.82) is 0 Å². The molecule has 1 aliphatic heterocycles. The van der Waals surface area contributed by atoms with Gasteiger partial charge >= 0.3 is 6.03 Å². The number of thioether (sulfide) groups is 2. The van der Waals surface area contributed by atoms with Crippen LogP contribution in [0.15, 0.2) is 155 Å². The summed E-state index contributed by atoms with van der Waals surface area (Å²) in [6.07, 6.45) is 8.28. The summed E-state index contributed by atoms with van der Waals surface area (Å²) in [6, 6.07) is 39.8. The Hall–Kier alpha value is -5.18. The molecule has 0 bridgehead atoms. The third kappa shape index (κ3) is 6.03. The van der Waals surface area contributed by atoms with Gasteiger partial charge in [-0.25, -0.2) is 4.79 Å². The van der Waals surface area contributed by atoms with Gasteiger partial charge in [0.15, 0.2) is 0 Å². The summed E-state index contributed by atoms with van der Waals surface area (Å²) in [7, 11) is 0. The number of anilines is 3. The van der Waals surface area contributed by atoms with E-state index in [1.54, 1.807) is 11.8 Å². The van der Waals surface area contributed by atoms with Crippen molar-refractivity contribution in [1.82, 2.24) is 4.57 Å². The molecule has 2 aliphatic rings. The lowest BCUT2D eigenvalue weighted by Crippen LogP contribution is -2.49. The molecule has 3 unspecified atom stereocenters. The third-order valence-electron chi connectivity index (χ3n) is 9.00. The van der Waals surface area contributed by atoms with E-state index in [1.165, 1.54) is 22.7 Å². The number of hydrogen-bond donors (Lipinski definition) is 2. The first kappa shape index (κ1) is 31.1. The molecule has 3 atom stereocenters. The number of hydrogen-bond acceptors (Lipinski definition) is 4. The largest absolute Gasteiger partial charge is 0.341 e. The fourth-order valence-electron chi connectivity index (χ4n) is 6.77. The molecule has 2 N–H and O–H groups in total. The van der Waals surface area contributed by atoms with Gasteiger partial charge in [0.1, 0.15) is 5.25 Å². The number of nitrogens with one attached hydrogen (secondary N) is 2. The van der Waals surface area contributed by atoms with Crippen LogP contribution in [0, 0.1) is 0 Å². The number of nitrogens with zero attached hydrogens (tertiary/aromatic N) is 2. The molecule has 5 aromatic carbocycles. The Morgan fingerprint density at radius 3 is 2.39 bits per heavy atom. The molecule has 3 amide bonds. The normalized spacial score (nSPS) is 17.0. The molecule has 1 aliphatic carbocycles. The van der Waals surface area contributed by atoms with Crippen LogP contribution < -0.4 is 15.5 Å². The van der Waals surface area contributed by atoms with E-state index in [2.05, 4.69) is 76.7 Å². The minimum atomic E-state index is -0.522. The zero-order valence-electron chi connectivity index (χ0n) is 26.8. The third-order valence-corrected chi connectivity index (χ3v) is 11.6. The molecule has 1 aromatic heterocycles. The van der Waals surface area contributed by atoms with E-state index in [1.807, 2.05) is 95.9 Å². The van der Waals surface area contributed by atoms with Crippen molar-refractivity contribution in [2.24, 2.45) is 0 Å². The molecule has 0 fully saturated rings. The van der Waals surface area contributed by atoms with E-state index in [0.717, 1.165) is 44.2 Å². The summed E-state index contributed by atoms with van der Waals surface area (Å²) in [6.45, 7) is 3.01. The topological polar surface area (TPSA) is 66.4 Å². The summed E-state index contributed by atoms with van der Waals surface area (Å²) < 4.78 is 2.30. The lowest BCUT2D eigenvalue weighted by molar-refractivity contribution is -0.115. The minimum Gasteiger partial charge on any atom is -0.341 e. The number of carbonyl (C=O) groups excluding carboxylic acids is 2. The Labute approximate surface area is 293 Å². The second-order valence-electron chi connectivity index (χ2n) is 12.0. The van der Waals surface area contributed by atoms with Crippen LogP contribution in [0.4, 0.5) is 21.9 Å². The van der Waals surface area contributed by atoms with Crippen LogP contribution in [0.25, 0.3) is 21.8 Å². The SMILES string of the molecule is CCn1c2ccccc2c2cc(NC(=O)C(Sc3cccc(NC(=O)N4c5ccccc5SC5C=CC=CC54)c3)c3ccccc3)ccc21. The number of carbonyl (C=O) groups is 2. The Morgan fingerprint density at radius 2 is 1.51 bits per heavy atom. The Bertz CT molecular complexity index is 2260. The summed E-state index contributed by atoms with van der Waals surface area (Å²) >= 11 is 3.24. The van der Waals surface area contributed by atoms with Gasteiger partial charge in [0.05, 0.1) is 17.0 Å². The van der Waals surface area contributed by atoms with E-state index in [0.29, 0.717) is 5.69 Å². The molecule has 0 radical (unpaired) electrons. The van der Waals surface area contributed by atoms with E-state index < -0.39 is 5.25 Å². The molecule has 8 rings (SSSR count). The lowest BCUT2D eigenvalue weighted by atomic mass is 10.1. The zero-order valence-corrected chi connectivity index (χ0v) is 28.5. The van der Waals surface area contributed by atoms with Crippen molar-refractivity contribution in [2.45, 2.75) is 39.8 Å². The summed E-state index contributed by atoms with van der Waals surface area (Å²) in [5, 5.41) is 8.26. The maximum atomic E-state index is 14.1. The van der Waals surface area contributed by atoms with Crippen LogP contribution in [0.2, 0.25) is 0 Å². The smallest absolute Gasteiger partial charge is 0.326 e. The highest BCUT2D eigenvalue weighted by Gasteiger charge is 2.36. The number of rotatable bonds is 7. The molecule has 6 nitrogen and oxygen atoms in total. The van der Waals surface area contributed by atoms with Crippen molar-refractivity contribution in [3.8, 4) is 0 Å². The Morgan fingerprint density at radius 1 is 0.755 bits per heavy atom. The van der Waals surface area contributed by atoms with Crippen molar-refractivity contribution < 1.29 is 9.59 Å². The molecule has 49 heavy (non-hydrogen) atoms. The predicted octanol–water partition coefficient (Wildman–Crippen LogP) is 10.3. The maximum absolute atomic E-state index is 14.1. The van der Waals surface area contributed by atoms with Gasteiger partial charge in [0.25, 0.3) is 0 Å². The quantitative estimate of drug-likeness (QED) is 0.165. The Balaban J connectivity index is 1.05. The number of fused-ring (bicyclic) bond motifs is 5. The predicted molar refractivity (Wildman–Crippen MR) is 205 cm³/mol. The van der Waals surface area contributed by atoms with Crippen LogP contribution in [-0.2, 0) is 11.3 Å². The molecule has 6 aromatic rings. The molecule has 0 saturated heterocycles.